The third-order valence-electron chi connectivity index (χ3n) is 2.46. The van der Waals surface area contributed by atoms with Crippen LogP contribution in [0, 0.1) is 16.0 Å². The van der Waals surface area contributed by atoms with Crippen LogP contribution in [0.2, 0.25) is 5.02 Å². The van der Waals surface area contributed by atoms with E-state index in [2.05, 4.69) is 17.2 Å². The van der Waals surface area contributed by atoms with E-state index in [0.29, 0.717) is 17.8 Å². The van der Waals surface area contributed by atoms with Crippen molar-refractivity contribution in [3.05, 3.63) is 27.4 Å². The molecule has 0 saturated heterocycles. The van der Waals surface area contributed by atoms with Crippen molar-refractivity contribution in [1.29, 1.82) is 0 Å². The fraction of sp³-hybridized carbons (Fsp3) is 0.444. The molecule has 1 heterocycles. The fourth-order valence-corrected chi connectivity index (χ4v) is 1.53. The van der Waals surface area contributed by atoms with Crippen LogP contribution >= 0.6 is 11.6 Å². The molecule has 0 bridgehead atoms. The molecule has 0 amide bonds. The minimum atomic E-state index is -0.478. The molecule has 1 fully saturated rings. The predicted molar refractivity (Wildman–Crippen MR) is 57.1 cm³/mol. The van der Waals surface area contributed by atoms with Gasteiger partial charge in [-0.05, 0) is 12.3 Å². The highest BCUT2D eigenvalue weighted by Crippen LogP contribution is 2.35. The van der Waals surface area contributed by atoms with E-state index in [1.165, 1.54) is 12.3 Å². The molecule has 5 nitrogen and oxygen atoms in total. The van der Waals surface area contributed by atoms with Gasteiger partial charge in [0.25, 0.3) is 0 Å². The van der Waals surface area contributed by atoms with Crippen LogP contribution in [-0.2, 0) is 0 Å². The lowest BCUT2D eigenvalue weighted by atomic mass is 10.4. The average Bonchev–Trinajstić information content (AvgIpc) is 2.85. The second kappa shape index (κ2) is 3.66. The third kappa shape index (κ3) is 2.18. The normalized spacial score (nSPS) is 23.6. The van der Waals surface area contributed by atoms with Crippen LogP contribution in [0.5, 0.6) is 0 Å². The summed E-state index contributed by atoms with van der Waals surface area (Å²) in [6.07, 6.45) is 2.44. The van der Waals surface area contributed by atoms with Crippen LogP contribution in [0.15, 0.2) is 12.3 Å². The van der Waals surface area contributed by atoms with Crippen molar-refractivity contribution in [3.63, 3.8) is 0 Å². The third-order valence-corrected chi connectivity index (χ3v) is 2.67. The lowest BCUT2D eigenvalue weighted by Gasteiger charge is -2.04. The molecule has 0 radical (unpaired) electrons. The van der Waals surface area contributed by atoms with Gasteiger partial charge in [0.2, 0.25) is 5.82 Å². The van der Waals surface area contributed by atoms with Crippen LogP contribution in [0.3, 0.4) is 0 Å². The first-order chi connectivity index (χ1) is 7.08. The Morgan fingerprint density at radius 3 is 2.93 bits per heavy atom. The van der Waals surface area contributed by atoms with Crippen LogP contribution < -0.4 is 5.32 Å². The van der Waals surface area contributed by atoms with E-state index in [1.54, 1.807) is 0 Å². The molecule has 2 unspecified atom stereocenters. The number of nitrogens with zero attached hydrogens (tertiary/aromatic N) is 2. The molecule has 2 atom stereocenters. The molecule has 0 aliphatic heterocycles. The minimum Gasteiger partial charge on any atom is -0.361 e. The molecule has 1 saturated carbocycles. The van der Waals surface area contributed by atoms with Crippen LogP contribution in [-0.4, -0.2) is 15.9 Å². The van der Waals surface area contributed by atoms with Gasteiger partial charge in [0.15, 0.2) is 0 Å². The summed E-state index contributed by atoms with van der Waals surface area (Å²) in [4.78, 5) is 14.2. The van der Waals surface area contributed by atoms with E-state index in [-0.39, 0.29) is 10.7 Å². The summed E-state index contributed by atoms with van der Waals surface area (Å²) < 4.78 is 0. The zero-order valence-corrected chi connectivity index (χ0v) is 8.86. The smallest absolute Gasteiger partial charge is 0.312 e. The van der Waals surface area contributed by atoms with Gasteiger partial charge < -0.3 is 5.32 Å². The Balaban J connectivity index is 2.25. The molecule has 1 aromatic rings. The maximum absolute atomic E-state index is 10.7. The standard InChI is InChI=1S/C9H10ClN3O2/c1-5-2-7(5)12-9-8(13(14)15)3-6(10)4-11-9/h3-5,7H,2H2,1H3,(H,11,12). The predicted octanol–water partition coefficient (Wildman–Crippen LogP) is 2.46. The second-order valence-corrected chi connectivity index (χ2v) is 4.18. The topological polar surface area (TPSA) is 68.1 Å². The van der Waals surface area contributed by atoms with Gasteiger partial charge in [0, 0.05) is 18.3 Å². The molecule has 0 spiro atoms. The largest absolute Gasteiger partial charge is 0.361 e. The van der Waals surface area contributed by atoms with Gasteiger partial charge in [-0.15, -0.1) is 0 Å². The molecule has 80 valence electrons. The molecular formula is C9H10ClN3O2. The maximum Gasteiger partial charge on any atom is 0.312 e. The van der Waals surface area contributed by atoms with Gasteiger partial charge in [-0.2, -0.15) is 0 Å². The number of nitrogens with one attached hydrogen (secondary N) is 1. The first kappa shape index (κ1) is 10.2. The monoisotopic (exact) mass is 227 g/mol. The number of nitro groups is 1. The van der Waals surface area contributed by atoms with Gasteiger partial charge >= 0.3 is 5.69 Å². The summed E-state index contributed by atoms with van der Waals surface area (Å²) in [6.45, 7) is 2.08. The van der Waals surface area contributed by atoms with Crippen molar-refractivity contribution < 1.29 is 4.92 Å². The number of aromatic nitrogens is 1. The van der Waals surface area contributed by atoms with Crippen molar-refractivity contribution in [2.45, 2.75) is 19.4 Å². The highest BCUT2D eigenvalue weighted by atomic mass is 35.5. The highest BCUT2D eigenvalue weighted by Gasteiger charge is 2.34. The highest BCUT2D eigenvalue weighted by molar-refractivity contribution is 6.30. The lowest BCUT2D eigenvalue weighted by molar-refractivity contribution is -0.384. The number of halogens is 1. The van der Waals surface area contributed by atoms with E-state index in [1.807, 2.05) is 0 Å². The lowest BCUT2D eigenvalue weighted by Crippen LogP contribution is -2.07. The Labute approximate surface area is 91.6 Å². The molecule has 1 aliphatic rings. The Morgan fingerprint density at radius 1 is 1.73 bits per heavy atom. The van der Waals surface area contributed by atoms with Gasteiger partial charge in [-0.1, -0.05) is 18.5 Å². The zero-order chi connectivity index (χ0) is 11.0. The van der Waals surface area contributed by atoms with Gasteiger partial charge in [0.05, 0.1) is 9.95 Å². The van der Waals surface area contributed by atoms with E-state index < -0.39 is 4.92 Å². The summed E-state index contributed by atoms with van der Waals surface area (Å²) in [6, 6.07) is 1.61. The number of hydrogen-bond acceptors (Lipinski definition) is 4. The van der Waals surface area contributed by atoms with Crippen molar-refractivity contribution in [2.75, 3.05) is 5.32 Å². The fourth-order valence-electron chi connectivity index (χ4n) is 1.38. The summed E-state index contributed by atoms with van der Waals surface area (Å²) in [5, 5.41) is 14.0. The summed E-state index contributed by atoms with van der Waals surface area (Å²) >= 11 is 5.65. The Kier molecular flexibility index (Phi) is 2.48. The number of anilines is 1. The first-order valence-electron chi connectivity index (χ1n) is 4.64. The molecule has 1 aliphatic carbocycles. The Morgan fingerprint density at radius 2 is 2.40 bits per heavy atom. The van der Waals surface area contributed by atoms with Crippen molar-refractivity contribution in [3.8, 4) is 0 Å². The average molecular weight is 228 g/mol. The van der Waals surface area contributed by atoms with Crippen molar-refractivity contribution in [1.82, 2.24) is 4.98 Å². The van der Waals surface area contributed by atoms with Crippen LogP contribution in [0.1, 0.15) is 13.3 Å². The van der Waals surface area contributed by atoms with E-state index in [0.717, 1.165) is 6.42 Å². The second-order valence-electron chi connectivity index (χ2n) is 3.74. The molecule has 2 rings (SSSR count). The minimum absolute atomic E-state index is 0.0680. The number of pyridine rings is 1. The SMILES string of the molecule is CC1CC1Nc1ncc(Cl)cc1[N+](=O)[O-]. The Bertz CT molecular complexity index is 410. The van der Waals surface area contributed by atoms with Gasteiger partial charge in [-0.3, -0.25) is 10.1 Å². The van der Waals surface area contributed by atoms with E-state index >= 15 is 0 Å². The van der Waals surface area contributed by atoms with E-state index in [9.17, 15) is 10.1 Å². The quantitative estimate of drug-likeness (QED) is 0.636. The first-order valence-corrected chi connectivity index (χ1v) is 5.02. The molecular weight excluding hydrogens is 218 g/mol. The zero-order valence-electron chi connectivity index (χ0n) is 8.11. The van der Waals surface area contributed by atoms with E-state index in [4.69, 9.17) is 11.6 Å². The van der Waals surface area contributed by atoms with Crippen molar-refractivity contribution in [2.24, 2.45) is 5.92 Å². The molecule has 15 heavy (non-hydrogen) atoms. The van der Waals surface area contributed by atoms with Crippen LogP contribution in [0.4, 0.5) is 11.5 Å². The maximum atomic E-state index is 10.7. The summed E-state index contributed by atoms with van der Waals surface area (Å²) in [5.74, 6) is 0.862. The van der Waals surface area contributed by atoms with Gasteiger partial charge in [-0.25, -0.2) is 4.98 Å². The molecule has 6 heteroatoms. The molecule has 0 aromatic carbocycles. The molecule has 1 aromatic heterocycles. The summed E-state index contributed by atoms with van der Waals surface area (Å²) in [7, 11) is 0. The van der Waals surface area contributed by atoms with Gasteiger partial charge in [0.1, 0.15) is 0 Å². The van der Waals surface area contributed by atoms with Crippen molar-refractivity contribution >= 4 is 23.1 Å². The number of hydrogen-bond donors (Lipinski definition) is 1. The Hall–Kier alpha value is -1.36. The number of rotatable bonds is 3. The van der Waals surface area contributed by atoms with Crippen LogP contribution in [0.25, 0.3) is 0 Å². The molecule has 1 N–H and O–H groups in total. The summed E-state index contributed by atoms with van der Waals surface area (Å²) in [5.41, 5.74) is -0.0680.